The van der Waals surface area contributed by atoms with Crippen molar-refractivity contribution in [2.45, 2.75) is 50.8 Å². The van der Waals surface area contributed by atoms with E-state index >= 15 is 0 Å². The molecule has 6 atom stereocenters. The smallest absolute Gasteiger partial charge is 0.469 e. The molecule has 1 fully saturated rings. The number of anilines is 1. The topological polar surface area (TPSA) is 249 Å². The number of imidazole rings is 1. The van der Waals surface area contributed by atoms with Crippen LogP contribution in [-0.2, 0) is 18.6 Å². The number of phosphoric ester groups is 1. The molecule has 15 nitrogen and oxygen atoms in total. The number of fused-ring (bicyclic) bond motifs is 1. The highest BCUT2D eigenvalue weighted by Gasteiger charge is 2.45. The molecule has 0 spiro atoms. The van der Waals surface area contributed by atoms with Gasteiger partial charge in [-0.15, -0.1) is 0 Å². The summed E-state index contributed by atoms with van der Waals surface area (Å²) in [4.78, 5) is 39.4. The van der Waals surface area contributed by atoms with E-state index in [0.29, 0.717) is 5.52 Å². The minimum absolute atomic E-state index is 0.0718. The van der Waals surface area contributed by atoms with Crippen LogP contribution in [0.1, 0.15) is 26.5 Å². The second-order valence-corrected chi connectivity index (χ2v) is 8.40. The normalized spacial score (nSPS) is 25.2. The lowest BCUT2D eigenvalue weighted by molar-refractivity contribution is -0.139. The number of aliphatic hydroxyl groups excluding tert-OH is 2. The second-order valence-electron chi connectivity index (χ2n) is 7.17. The van der Waals surface area contributed by atoms with Crippen LogP contribution in [0.15, 0.2) is 12.7 Å². The third kappa shape index (κ3) is 6.17. The summed E-state index contributed by atoms with van der Waals surface area (Å²) in [5, 5.41) is 28.4. The summed E-state index contributed by atoms with van der Waals surface area (Å²) in [6.07, 6.45) is -1.68. The summed E-state index contributed by atoms with van der Waals surface area (Å²) >= 11 is 0. The van der Waals surface area contributed by atoms with Gasteiger partial charge in [-0.05, 0) is 5.92 Å². The predicted molar refractivity (Wildman–Crippen MR) is 109 cm³/mol. The number of hydrogen-bond donors (Lipinski definition) is 7. The maximum Gasteiger partial charge on any atom is 0.469 e. The quantitative estimate of drug-likeness (QED) is 0.226. The van der Waals surface area contributed by atoms with E-state index in [9.17, 15) is 19.6 Å². The highest BCUT2D eigenvalue weighted by Crippen LogP contribution is 2.38. The van der Waals surface area contributed by atoms with Gasteiger partial charge in [-0.1, -0.05) is 20.3 Å². The first-order valence-corrected chi connectivity index (χ1v) is 11.0. The predicted octanol–water partition coefficient (Wildman–Crippen LogP) is -1.42. The monoisotopic (exact) mass is 478 g/mol. The number of aliphatic carboxylic acids is 1. The number of aliphatic hydroxyl groups is 2. The van der Waals surface area contributed by atoms with Gasteiger partial charge in [-0.3, -0.25) is 13.9 Å². The molecular formula is C16H27N6O9P. The Morgan fingerprint density at radius 1 is 1.31 bits per heavy atom. The first-order valence-electron chi connectivity index (χ1n) is 9.50. The number of carbonyl (C=O) groups is 1. The van der Waals surface area contributed by atoms with Crippen LogP contribution in [0.3, 0.4) is 0 Å². The Morgan fingerprint density at radius 3 is 2.50 bits per heavy atom. The number of phosphoric acid groups is 1. The van der Waals surface area contributed by atoms with Crippen molar-refractivity contribution in [3.05, 3.63) is 12.7 Å². The SMILES string of the molecule is CCC(C)C(N)C(=O)O.Nc1ncnc2c1ncn2[C@@H]1O[C@H](COP(=O)(O)O)[C@@H](O)[C@H]1O. The van der Waals surface area contributed by atoms with E-state index in [1.165, 1.54) is 17.2 Å². The Bertz CT molecular complexity index is 969. The minimum atomic E-state index is -4.72. The van der Waals surface area contributed by atoms with Gasteiger partial charge in [0, 0.05) is 0 Å². The van der Waals surface area contributed by atoms with Gasteiger partial charge in [0.05, 0.1) is 12.9 Å². The molecule has 0 aromatic carbocycles. The van der Waals surface area contributed by atoms with Crippen LogP contribution in [0.2, 0.25) is 0 Å². The lowest BCUT2D eigenvalue weighted by Gasteiger charge is -2.16. The lowest BCUT2D eigenvalue weighted by atomic mass is 10.0. The van der Waals surface area contributed by atoms with Crippen LogP contribution >= 0.6 is 7.82 Å². The first-order chi connectivity index (χ1) is 14.9. The molecule has 0 saturated carbocycles. The van der Waals surface area contributed by atoms with Crippen LogP contribution in [0.25, 0.3) is 11.2 Å². The van der Waals surface area contributed by atoms with Crippen LogP contribution in [0.5, 0.6) is 0 Å². The number of carboxylic acid groups (broad SMARTS) is 1. The molecule has 1 saturated heterocycles. The minimum Gasteiger partial charge on any atom is -0.480 e. The van der Waals surface area contributed by atoms with Crippen molar-refractivity contribution in [2.24, 2.45) is 11.7 Å². The number of ether oxygens (including phenoxy) is 1. The highest BCUT2D eigenvalue weighted by atomic mass is 31.2. The Hall–Kier alpha value is -2.23. The van der Waals surface area contributed by atoms with Gasteiger partial charge in [-0.25, -0.2) is 19.5 Å². The van der Waals surface area contributed by atoms with Crippen molar-refractivity contribution in [1.82, 2.24) is 19.5 Å². The summed E-state index contributed by atoms with van der Waals surface area (Å²) in [6, 6.07) is -0.699. The molecule has 16 heteroatoms. The largest absolute Gasteiger partial charge is 0.480 e. The molecule has 0 aliphatic carbocycles. The zero-order valence-corrected chi connectivity index (χ0v) is 18.2. The van der Waals surface area contributed by atoms with Crippen molar-refractivity contribution in [3.63, 3.8) is 0 Å². The fraction of sp³-hybridized carbons (Fsp3) is 0.625. The Morgan fingerprint density at radius 2 is 1.97 bits per heavy atom. The first kappa shape index (κ1) is 26.0. The fourth-order valence-corrected chi connectivity index (χ4v) is 3.16. The molecule has 9 N–H and O–H groups in total. The van der Waals surface area contributed by atoms with Gasteiger partial charge in [-0.2, -0.15) is 0 Å². The number of nitrogens with zero attached hydrogens (tertiary/aromatic N) is 4. The van der Waals surface area contributed by atoms with E-state index in [-0.39, 0.29) is 17.4 Å². The summed E-state index contributed by atoms with van der Waals surface area (Å²) in [5.74, 6) is -0.699. The average molecular weight is 478 g/mol. The summed E-state index contributed by atoms with van der Waals surface area (Å²) in [5.41, 5.74) is 11.5. The van der Waals surface area contributed by atoms with E-state index in [1.54, 1.807) is 0 Å². The zero-order chi connectivity index (χ0) is 24.2. The van der Waals surface area contributed by atoms with Crippen LogP contribution < -0.4 is 11.5 Å². The van der Waals surface area contributed by atoms with Crippen molar-refractivity contribution in [3.8, 4) is 0 Å². The van der Waals surface area contributed by atoms with Gasteiger partial charge in [0.2, 0.25) is 0 Å². The zero-order valence-electron chi connectivity index (χ0n) is 17.3. The molecule has 0 radical (unpaired) electrons. The number of carboxylic acids is 1. The summed E-state index contributed by atoms with van der Waals surface area (Å²) < 4.78 is 21.8. The van der Waals surface area contributed by atoms with Crippen LogP contribution in [0, 0.1) is 5.92 Å². The third-order valence-corrected chi connectivity index (χ3v) is 5.43. The van der Waals surface area contributed by atoms with Crippen LogP contribution in [0.4, 0.5) is 5.82 Å². The maximum atomic E-state index is 10.7. The summed E-state index contributed by atoms with van der Waals surface area (Å²) in [6.45, 7) is 3.16. The molecule has 2 aromatic heterocycles. The Kier molecular flexibility index (Phi) is 8.61. The molecule has 3 heterocycles. The molecule has 3 rings (SSSR count). The lowest BCUT2D eigenvalue weighted by Crippen LogP contribution is -2.36. The van der Waals surface area contributed by atoms with Crippen molar-refractivity contribution in [2.75, 3.05) is 12.3 Å². The molecule has 0 amide bonds. The van der Waals surface area contributed by atoms with Gasteiger partial charge in [0.25, 0.3) is 0 Å². The number of rotatable bonds is 7. The molecule has 180 valence electrons. The van der Waals surface area contributed by atoms with Gasteiger partial charge in [0.1, 0.15) is 36.2 Å². The summed E-state index contributed by atoms with van der Waals surface area (Å²) in [7, 11) is -4.72. The Balaban J connectivity index is 0.000000344. The molecule has 1 aliphatic rings. The fourth-order valence-electron chi connectivity index (χ4n) is 2.82. The molecule has 1 aliphatic heterocycles. The van der Waals surface area contributed by atoms with Gasteiger partial charge in [0.15, 0.2) is 17.7 Å². The molecule has 0 bridgehead atoms. The third-order valence-electron chi connectivity index (χ3n) is 4.95. The number of nitrogen functional groups attached to an aromatic ring is 1. The second kappa shape index (κ2) is 10.6. The number of aromatic nitrogens is 4. The maximum absolute atomic E-state index is 10.7. The van der Waals surface area contributed by atoms with Crippen LogP contribution in [-0.4, -0.2) is 81.6 Å². The Labute approximate surface area is 182 Å². The number of hydrogen-bond acceptors (Lipinski definition) is 11. The van der Waals surface area contributed by atoms with E-state index < -0.39 is 51.0 Å². The van der Waals surface area contributed by atoms with E-state index in [2.05, 4.69) is 19.5 Å². The van der Waals surface area contributed by atoms with Crippen molar-refractivity contribution in [1.29, 1.82) is 0 Å². The van der Waals surface area contributed by atoms with E-state index in [0.717, 1.165) is 6.42 Å². The molecule has 2 aromatic rings. The average Bonchev–Trinajstić information content (AvgIpc) is 3.27. The standard InChI is InChI=1S/C10H14N5O7P.C6H13NO2/c11-8-5-9(13-2-12-8)15(3-14-5)10-7(17)6(16)4(22-10)1-21-23(18,19)20;1-3-4(2)5(7)6(8)9/h2-4,6-7,10,16-17H,1H2,(H2,11,12,13)(H2,18,19,20);4-5H,3,7H2,1-2H3,(H,8,9)/t4-,6-,7-,10-;/m1./s1. The molecule has 32 heavy (non-hydrogen) atoms. The van der Waals surface area contributed by atoms with Crippen molar-refractivity contribution < 1.29 is 43.7 Å². The van der Waals surface area contributed by atoms with Gasteiger partial charge >= 0.3 is 13.8 Å². The molecular weight excluding hydrogens is 451 g/mol. The number of nitrogens with two attached hydrogens (primary N) is 2. The van der Waals surface area contributed by atoms with E-state index in [1.807, 2.05) is 13.8 Å². The highest BCUT2D eigenvalue weighted by molar-refractivity contribution is 7.46. The van der Waals surface area contributed by atoms with Gasteiger partial charge < -0.3 is 41.3 Å². The van der Waals surface area contributed by atoms with Crippen molar-refractivity contribution >= 4 is 30.8 Å². The molecule has 2 unspecified atom stereocenters. The van der Waals surface area contributed by atoms with E-state index in [4.69, 9.17) is 31.1 Å².